The molecule has 0 saturated heterocycles. The number of allylic oxidation sites excluding steroid dienone is 3. The van der Waals surface area contributed by atoms with Crippen LogP contribution in [0.3, 0.4) is 0 Å². The number of ketones is 1. The second-order valence-electron chi connectivity index (χ2n) is 5.24. The largest absolute Gasteiger partial charge is 0.465 e. The van der Waals surface area contributed by atoms with Gasteiger partial charge in [0.15, 0.2) is 5.78 Å². The fraction of sp³-hybridized carbons (Fsp3) is 0.643. The monoisotopic (exact) mass is 236 g/mol. The first-order valence-electron chi connectivity index (χ1n) is 6.25. The number of rotatable bonds is 2. The van der Waals surface area contributed by atoms with Crippen molar-refractivity contribution in [3.63, 3.8) is 0 Å². The van der Waals surface area contributed by atoms with E-state index in [9.17, 15) is 9.90 Å². The van der Waals surface area contributed by atoms with Crippen molar-refractivity contribution in [1.82, 2.24) is 0 Å². The fourth-order valence-electron chi connectivity index (χ4n) is 3.06. The van der Waals surface area contributed by atoms with Crippen LogP contribution in [0.5, 0.6) is 0 Å². The molecule has 1 aliphatic carbocycles. The normalized spacial score (nSPS) is 37.2. The van der Waals surface area contributed by atoms with Gasteiger partial charge in [0.25, 0.3) is 0 Å². The molecule has 0 radical (unpaired) electrons. The molecule has 0 spiro atoms. The van der Waals surface area contributed by atoms with Crippen molar-refractivity contribution >= 4 is 5.78 Å². The van der Waals surface area contributed by atoms with E-state index in [2.05, 4.69) is 6.92 Å². The average molecular weight is 236 g/mol. The van der Waals surface area contributed by atoms with Crippen LogP contribution in [0.2, 0.25) is 0 Å². The predicted octanol–water partition coefficient (Wildman–Crippen LogP) is 2.42. The molecule has 1 saturated carbocycles. The summed E-state index contributed by atoms with van der Waals surface area (Å²) in [7, 11) is 0. The summed E-state index contributed by atoms with van der Waals surface area (Å²) in [6.45, 7) is 5.72. The van der Waals surface area contributed by atoms with E-state index in [1.165, 1.54) is 18.6 Å². The Hall–Kier alpha value is -1.09. The molecule has 1 fully saturated rings. The Morgan fingerprint density at radius 3 is 2.82 bits per heavy atom. The van der Waals surface area contributed by atoms with Gasteiger partial charge in [-0.1, -0.05) is 6.92 Å². The minimum absolute atomic E-state index is 0.00898. The number of hydrogen-bond acceptors (Lipinski definition) is 3. The van der Waals surface area contributed by atoms with Crippen molar-refractivity contribution in [2.75, 3.05) is 0 Å². The maximum Gasteiger partial charge on any atom is 0.201 e. The molecular weight excluding hydrogens is 216 g/mol. The van der Waals surface area contributed by atoms with Gasteiger partial charge in [0.05, 0.1) is 0 Å². The second kappa shape index (κ2) is 4.65. The highest BCUT2D eigenvalue weighted by atomic mass is 16.6. The lowest BCUT2D eigenvalue weighted by Gasteiger charge is -2.34. The lowest BCUT2D eigenvalue weighted by Crippen LogP contribution is -2.35. The Kier molecular flexibility index (Phi) is 3.38. The highest BCUT2D eigenvalue weighted by molar-refractivity contribution is 5.87. The molecule has 0 bridgehead atoms. The van der Waals surface area contributed by atoms with E-state index in [0.717, 1.165) is 12.8 Å². The predicted molar refractivity (Wildman–Crippen MR) is 65.0 cm³/mol. The first-order valence-corrected chi connectivity index (χ1v) is 6.25. The van der Waals surface area contributed by atoms with Crippen LogP contribution in [-0.2, 0) is 9.53 Å². The van der Waals surface area contributed by atoms with Gasteiger partial charge < -0.3 is 9.84 Å². The van der Waals surface area contributed by atoms with Crippen LogP contribution in [0.4, 0.5) is 0 Å². The third-order valence-corrected chi connectivity index (χ3v) is 4.05. The molecule has 0 aromatic heterocycles. The third-order valence-electron chi connectivity index (χ3n) is 4.05. The summed E-state index contributed by atoms with van der Waals surface area (Å²) in [5.41, 5.74) is 1.17. The van der Waals surface area contributed by atoms with Crippen molar-refractivity contribution < 1.29 is 14.6 Å². The molecule has 0 aromatic rings. The zero-order valence-corrected chi connectivity index (χ0v) is 10.6. The SMILES string of the molecule is CC(=O)/C=C/C1=C(C)[C@H]2CC[C@H](C)[C@H]2[C@@H](O)O1. The topological polar surface area (TPSA) is 46.5 Å². The van der Waals surface area contributed by atoms with E-state index in [1.807, 2.05) is 6.92 Å². The van der Waals surface area contributed by atoms with Crippen molar-refractivity contribution in [2.45, 2.75) is 39.9 Å². The zero-order valence-electron chi connectivity index (χ0n) is 10.6. The molecule has 0 amide bonds. The molecule has 94 valence electrons. The van der Waals surface area contributed by atoms with Crippen molar-refractivity contribution in [3.05, 3.63) is 23.5 Å². The van der Waals surface area contributed by atoms with E-state index in [-0.39, 0.29) is 11.7 Å². The molecule has 0 unspecified atom stereocenters. The number of aliphatic hydroxyl groups excluding tert-OH is 1. The molecule has 1 N–H and O–H groups in total. The van der Waals surface area contributed by atoms with Crippen LogP contribution in [0, 0.1) is 17.8 Å². The Labute approximate surface area is 102 Å². The minimum atomic E-state index is -0.729. The molecule has 3 heteroatoms. The van der Waals surface area contributed by atoms with E-state index in [1.54, 1.807) is 6.08 Å². The molecule has 1 heterocycles. The number of carbonyl (C=O) groups is 1. The highest BCUT2D eigenvalue weighted by Crippen LogP contribution is 2.47. The summed E-state index contributed by atoms with van der Waals surface area (Å²) < 4.78 is 5.53. The number of carbonyl (C=O) groups excluding carboxylic acids is 1. The van der Waals surface area contributed by atoms with Crippen LogP contribution in [0.1, 0.15) is 33.6 Å². The zero-order chi connectivity index (χ0) is 12.6. The Bertz CT molecular complexity index is 381. The summed E-state index contributed by atoms with van der Waals surface area (Å²) >= 11 is 0. The average Bonchev–Trinajstić information content (AvgIpc) is 2.64. The van der Waals surface area contributed by atoms with Crippen LogP contribution in [0.15, 0.2) is 23.5 Å². The highest BCUT2D eigenvalue weighted by Gasteiger charge is 2.43. The van der Waals surface area contributed by atoms with Crippen LogP contribution < -0.4 is 0 Å². The molecule has 2 rings (SSSR count). The van der Waals surface area contributed by atoms with Gasteiger partial charge in [-0.2, -0.15) is 0 Å². The Balaban J connectivity index is 2.26. The summed E-state index contributed by atoms with van der Waals surface area (Å²) in [4.78, 5) is 10.9. The molecule has 3 nitrogen and oxygen atoms in total. The molecule has 17 heavy (non-hydrogen) atoms. The van der Waals surface area contributed by atoms with Crippen LogP contribution in [-0.4, -0.2) is 17.2 Å². The lowest BCUT2D eigenvalue weighted by atomic mass is 9.83. The fourth-order valence-corrected chi connectivity index (χ4v) is 3.06. The molecule has 1 aliphatic heterocycles. The Morgan fingerprint density at radius 1 is 1.47 bits per heavy atom. The van der Waals surface area contributed by atoms with Crippen molar-refractivity contribution in [1.29, 1.82) is 0 Å². The second-order valence-corrected chi connectivity index (χ2v) is 5.24. The maximum atomic E-state index is 10.9. The first kappa shape index (κ1) is 12.4. The summed E-state index contributed by atoms with van der Waals surface area (Å²) in [6, 6.07) is 0. The summed E-state index contributed by atoms with van der Waals surface area (Å²) in [5.74, 6) is 1.78. The van der Waals surface area contributed by atoms with Gasteiger partial charge in [-0.3, -0.25) is 4.79 Å². The van der Waals surface area contributed by atoms with Gasteiger partial charge in [-0.05, 0) is 56.3 Å². The van der Waals surface area contributed by atoms with Gasteiger partial charge in [0.1, 0.15) is 5.76 Å². The third kappa shape index (κ3) is 2.29. The number of hydrogen-bond donors (Lipinski definition) is 1. The van der Waals surface area contributed by atoms with E-state index >= 15 is 0 Å². The van der Waals surface area contributed by atoms with Gasteiger partial charge in [0, 0.05) is 5.92 Å². The van der Waals surface area contributed by atoms with Crippen LogP contribution in [0.25, 0.3) is 0 Å². The Morgan fingerprint density at radius 2 is 2.18 bits per heavy atom. The summed E-state index contributed by atoms with van der Waals surface area (Å²) in [6.07, 6.45) is 4.68. The van der Waals surface area contributed by atoms with Crippen LogP contribution >= 0.6 is 0 Å². The smallest absolute Gasteiger partial charge is 0.201 e. The standard InChI is InChI=1S/C14H20O3/c1-8-4-6-11-10(3)12(7-5-9(2)15)17-14(16)13(8)11/h5,7-8,11,13-14,16H,4,6H2,1-3H3/b7-5+/t8-,11+,13+,14-/m0/s1. The van der Waals surface area contributed by atoms with E-state index in [0.29, 0.717) is 17.6 Å². The quantitative estimate of drug-likeness (QED) is 0.749. The molecule has 0 aromatic carbocycles. The molecular formula is C14H20O3. The van der Waals surface area contributed by atoms with E-state index < -0.39 is 6.29 Å². The minimum Gasteiger partial charge on any atom is -0.465 e. The van der Waals surface area contributed by atoms with Crippen molar-refractivity contribution in [2.24, 2.45) is 17.8 Å². The lowest BCUT2D eigenvalue weighted by molar-refractivity contribution is -0.130. The molecule has 2 aliphatic rings. The molecule has 4 atom stereocenters. The van der Waals surface area contributed by atoms with Gasteiger partial charge >= 0.3 is 0 Å². The summed E-state index contributed by atoms with van der Waals surface area (Å²) in [5, 5.41) is 10.0. The number of aliphatic hydroxyl groups is 1. The van der Waals surface area contributed by atoms with Crippen molar-refractivity contribution in [3.8, 4) is 0 Å². The first-order chi connectivity index (χ1) is 8.00. The number of ether oxygens (including phenoxy) is 1. The maximum absolute atomic E-state index is 10.9. The van der Waals surface area contributed by atoms with Gasteiger partial charge in [-0.25, -0.2) is 0 Å². The van der Waals surface area contributed by atoms with Gasteiger partial charge in [0.2, 0.25) is 6.29 Å². The van der Waals surface area contributed by atoms with Gasteiger partial charge in [-0.15, -0.1) is 0 Å². The van der Waals surface area contributed by atoms with E-state index in [4.69, 9.17) is 4.74 Å². The number of fused-ring (bicyclic) bond motifs is 1.